The van der Waals surface area contributed by atoms with Crippen molar-refractivity contribution >= 4 is 46.3 Å². The minimum atomic E-state index is -0.166. The van der Waals surface area contributed by atoms with Gasteiger partial charge in [-0.2, -0.15) is 0 Å². The van der Waals surface area contributed by atoms with E-state index in [1.165, 1.54) is 16.6 Å². The molecule has 1 amide bonds. The van der Waals surface area contributed by atoms with Crippen LogP contribution in [0.1, 0.15) is 31.6 Å². The van der Waals surface area contributed by atoms with E-state index in [0.29, 0.717) is 27.5 Å². The molecule has 0 saturated heterocycles. The Morgan fingerprint density at radius 3 is 2.79 bits per heavy atom. The van der Waals surface area contributed by atoms with Crippen molar-refractivity contribution in [3.63, 3.8) is 0 Å². The van der Waals surface area contributed by atoms with Crippen LogP contribution in [0.25, 0.3) is 11.4 Å². The topological polar surface area (TPSA) is 69.0 Å². The van der Waals surface area contributed by atoms with E-state index in [1.54, 1.807) is 36.6 Å². The third-order valence-electron chi connectivity index (χ3n) is 4.25. The Bertz CT molecular complexity index is 1000. The number of rotatable bonds is 8. The third kappa shape index (κ3) is 5.12. The number of nitrogens with one attached hydrogen (secondary N) is 1. The predicted molar refractivity (Wildman–Crippen MR) is 120 cm³/mol. The molecule has 2 heterocycles. The number of ether oxygens (including phenoxy) is 1. The first-order chi connectivity index (χ1) is 13.9. The smallest absolute Gasteiger partial charge is 0.234 e. The number of halogens is 1. The van der Waals surface area contributed by atoms with E-state index >= 15 is 0 Å². The minimum absolute atomic E-state index is 0.166. The van der Waals surface area contributed by atoms with Gasteiger partial charge in [-0.25, -0.2) is 0 Å². The average molecular weight is 451 g/mol. The van der Waals surface area contributed by atoms with Crippen molar-refractivity contribution < 1.29 is 9.53 Å². The van der Waals surface area contributed by atoms with Gasteiger partial charge in [-0.15, -0.1) is 21.5 Å². The number of thioether (sulfide) groups is 1. The van der Waals surface area contributed by atoms with Gasteiger partial charge in [-0.1, -0.05) is 37.2 Å². The van der Waals surface area contributed by atoms with Crippen LogP contribution in [0.4, 0.5) is 5.69 Å². The largest absolute Gasteiger partial charge is 0.495 e. The summed E-state index contributed by atoms with van der Waals surface area (Å²) in [5.41, 5.74) is 1.61. The van der Waals surface area contributed by atoms with Gasteiger partial charge in [0.25, 0.3) is 0 Å². The van der Waals surface area contributed by atoms with E-state index in [1.807, 2.05) is 11.5 Å². The SMILES string of the molecule is CCn1c(SCC(=O)Nc2cc(Cl)ccc2OC)nnc1-c1csc(C(C)C)c1. The van der Waals surface area contributed by atoms with Gasteiger partial charge >= 0.3 is 0 Å². The number of anilines is 1. The van der Waals surface area contributed by atoms with Crippen LogP contribution in [0.3, 0.4) is 0 Å². The van der Waals surface area contributed by atoms with E-state index in [0.717, 1.165) is 17.9 Å². The highest BCUT2D eigenvalue weighted by Gasteiger charge is 2.17. The summed E-state index contributed by atoms with van der Waals surface area (Å²) in [4.78, 5) is 13.7. The lowest BCUT2D eigenvalue weighted by molar-refractivity contribution is -0.113. The van der Waals surface area contributed by atoms with Crippen LogP contribution < -0.4 is 10.1 Å². The lowest BCUT2D eigenvalue weighted by Crippen LogP contribution is -2.15. The molecule has 0 radical (unpaired) electrons. The minimum Gasteiger partial charge on any atom is -0.495 e. The first kappa shape index (κ1) is 21.7. The van der Waals surface area contributed by atoms with Crippen molar-refractivity contribution in [2.24, 2.45) is 0 Å². The number of aromatic nitrogens is 3. The molecule has 0 atom stereocenters. The van der Waals surface area contributed by atoms with Gasteiger partial charge in [0.15, 0.2) is 11.0 Å². The zero-order valence-electron chi connectivity index (χ0n) is 16.7. The summed E-state index contributed by atoms with van der Waals surface area (Å²) in [6.07, 6.45) is 0. The first-order valence-electron chi connectivity index (χ1n) is 9.21. The van der Waals surface area contributed by atoms with Gasteiger partial charge < -0.3 is 14.6 Å². The number of carbonyl (C=O) groups is 1. The van der Waals surface area contributed by atoms with Gasteiger partial charge in [0.1, 0.15) is 5.75 Å². The Balaban J connectivity index is 1.70. The summed E-state index contributed by atoms with van der Waals surface area (Å²) in [6.45, 7) is 7.12. The van der Waals surface area contributed by atoms with Crippen molar-refractivity contribution in [1.82, 2.24) is 14.8 Å². The highest BCUT2D eigenvalue weighted by atomic mass is 35.5. The van der Waals surface area contributed by atoms with E-state index in [2.05, 4.69) is 40.8 Å². The van der Waals surface area contributed by atoms with Crippen molar-refractivity contribution in [1.29, 1.82) is 0 Å². The summed E-state index contributed by atoms with van der Waals surface area (Å²) in [7, 11) is 1.55. The molecule has 0 unspecified atom stereocenters. The molecule has 2 aromatic heterocycles. The summed E-state index contributed by atoms with van der Waals surface area (Å²) < 4.78 is 7.30. The monoisotopic (exact) mass is 450 g/mol. The predicted octanol–water partition coefficient (Wildman–Crippen LogP) is 5.54. The quantitative estimate of drug-likeness (QED) is 0.456. The Morgan fingerprint density at radius 1 is 1.34 bits per heavy atom. The molecule has 0 saturated carbocycles. The lowest BCUT2D eigenvalue weighted by atomic mass is 10.1. The number of hydrogen-bond donors (Lipinski definition) is 1. The fourth-order valence-electron chi connectivity index (χ4n) is 2.76. The van der Waals surface area contributed by atoms with Gasteiger partial charge in [0.05, 0.1) is 18.6 Å². The molecule has 29 heavy (non-hydrogen) atoms. The number of thiophene rings is 1. The molecule has 0 fully saturated rings. The second kappa shape index (κ2) is 9.65. The number of amides is 1. The Labute approximate surface area is 183 Å². The zero-order chi connectivity index (χ0) is 21.0. The molecular formula is C20H23ClN4O2S2. The molecule has 0 spiro atoms. The number of benzene rings is 1. The summed E-state index contributed by atoms with van der Waals surface area (Å²) in [6, 6.07) is 7.26. The van der Waals surface area contributed by atoms with Crippen molar-refractivity contribution in [3.8, 4) is 17.1 Å². The summed E-state index contributed by atoms with van der Waals surface area (Å²) in [5.74, 6) is 1.91. The van der Waals surface area contributed by atoms with Crippen LogP contribution in [0, 0.1) is 0 Å². The molecule has 9 heteroatoms. The average Bonchev–Trinajstić information content (AvgIpc) is 3.33. The van der Waals surface area contributed by atoms with Crippen molar-refractivity contribution in [3.05, 3.63) is 39.5 Å². The number of carbonyl (C=O) groups excluding carboxylic acids is 1. The standard InChI is InChI=1S/C20H23ClN4O2S2/c1-5-25-19(13-8-17(12(2)3)28-10-13)23-24-20(25)29-11-18(26)22-15-9-14(21)6-7-16(15)27-4/h6-10,12H,5,11H2,1-4H3,(H,22,26). The fraction of sp³-hybridized carbons (Fsp3) is 0.350. The molecule has 3 aromatic rings. The molecule has 0 aliphatic heterocycles. The maximum atomic E-state index is 12.4. The van der Waals surface area contributed by atoms with Gasteiger partial charge in [-0.3, -0.25) is 4.79 Å². The van der Waals surface area contributed by atoms with Crippen LogP contribution in [0.2, 0.25) is 5.02 Å². The molecule has 0 aliphatic rings. The van der Waals surface area contributed by atoms with E-state index in [9.17, 15) is 4.79 Å². The van der Waals surface area contributed by atoms with Gasteiger partial charge in [-0.05, 0) is 37.1 Å². The van der Waals surface area contributed by atoms with Crippen LogP contribution in [0.5, 0.6) is 5.75 Å². The van der Waals surface area contributed by atoms with Crippen LogP contribution in [-0.4, -0.2) is 33.5 Å². The molecule has 3 rings (SSSR count). The van der Waals surface area contributed by atoms with E-state index in [4.69, 9.17) is 16.3 Å². The second-order valence-electron chi connectivity index (χ2n) is 6.62. The molecule has 0 aliphatic carbocycles. The van der Waals surface area contributed by atoms with Gasteiger partial charge in [0.2, 0.25) is 5.91 Å². The number of nitrogens with zero attached hydrogens (tertiary/aromatic N) is 3. The molecule has 0 bridgehead atoms. The van der Waals surface area contributed by atoms with Crippen molar-refractivity contribution in [2.45, 2.75) is 38.4 Å². The fourth-order valence-corrected chi connectivity index (χ4v) is 4.64. The molecule has 1 N–H and O–H groups in total. The maximum absolute atomic E-state index is 12.4. The summed E-state index contributed by atoms with van der Waals surface area (Å²) >= 11 is 9.10. The van der Waals surface area contributed by atoms with E-state index in [-0.39, 0.29) is 11.7 Å². The molecule has 6 nitrogen and oxygen atoms in total. The highest BCUT2D eigenvalue weighted by molar-refractivity contribution is 7.99. The summed E-state index contributed by atoms with van der Waals surface area (Å²) in [5, 5.41) is 14.9. The van der Waals surface area contributed by atoms with Crippen LogP contribution >= 0.6 is 34.7 Å². The second-order valence-corrected chi connectivity index (χ2v) is 8.95. The van der Waals surface area contributed by atoms with E-state index < -0.39 is 0 Å². The molecule has 1 aromatic carbocycles. The Kier molecular flexibility index (Phi) is 7.21. The third-order valence-corrected chi connectivity index (χ3v) is 6.68. The molecule has 154 valence electrons. The Morgan fingerprint density at radius 2 is 2.14 bits per heavy atom. The van der Waals surface area contributed by atoms with Crippen LogP contribution in [0.15, 0.2) is 34.8 Å². The highest BCUT2D eigenvalue weighted by Crippen LogP contribution is 2.31. The van der Waals surface area contributed by atoms with Crippen molar-refractivity contribution in [2.75, 3.05) is 18.2 Å². The normalized spacial score (nSPS) is 11.1. The lowest BCUT2D eigenvalue weighted by Gasteiger charge is -2.10. The van der Waals surface area contributed by atoms with Crippen LogP contribution in [-0.2, 0) is 11.3 Å². The first-order valence-corrected chi connectivity index (χ1v) is 11.5. The number of hydrogen-bond acceptors (Lipinski definition) is 6. The molecular weight excluding hydrogens is 428 g/mol. The zero-order valence-corrected chi connectivity index (χ0v) is 19.1. The Hall–Kier alpha value is -2.03. The maximum Gasteiger partial charge on any atom is 0.234 e. The van der Waals surface area contributed by atoms with Gasteiger partial charge in [0, 0.05) is 27.4 Å². The number of methoxy groups -OCH3 is 1.